The highest BCUT2D eigenvalue weighted by Crippen LogP contribution is 2.27. The lowest BCUT2D eigenvalue weighted by molar-refractivity contribution is -0.384. The number of carboxylic acids is 1. The Morgan fingerprint density at radius 2 is 2.26 bits per heavy atom. The molecule has 0 unspecified atom stereocenters. The third kappa shape index (κ3) is 2.68. The molecule has 8 nitrogen and oxygen atoms in total. The zero-order valence-corrected chi connectivity index (χ0v) is 9.69. The second-order valence-corrected chi connectivity index (χ2v) is 3.61. The second kappa shape index (κ2) is 4.77. The van der Waals surface area contributed by atoms with E-state index >= 15 is 0 Å². The number of rotatable bonds is 4. The van der Waals surface area contributed by atoms with Crippen LogP contribution >= 0.6 is 0 Å². The average molecular weight is 264 g/mol. The number of aryl methyl sites for hydroxylation is 1. The monoisotopic (exact) mass is 264 g/mol. The number of aromatic nitrogens is 1. The number of aromatic carboxylic acids is 1. The molecular formula is C11H8N2O6. The van der Waals surface area contributed by atoms with E-state index in [9.17, 15) is 14.9 Å². The number of hydrogen-bond acceptors (Lipinski definition) is 6. The fourth-order valence-electron chi connectivity index (χ4n) is 1.36. The normalized spacial score (nSPS) is 10.2. The smallest absolute Gasteiger partial charge is 0.399 e. The average Bonchev–Trinajstić information content (AvgIpc) is 2.80. The number of benzene rings is 1. The van der Waals surface area contributed by atoms with Crippen molar-refractivity contribution in [3.05, 3.63) is 45.8 Å². The number of ether oxygens (including phenoxy) is 1. The van der Waals surface area contributed by atoms with E-state index in [2.05, 4.69) is 4.98 Å². The lowest BCUT2D eigenvalue weighted by Gasteiger charge is -2.03. The summed E-state index contributed by atoms with van der Waals surface area (Å²) in [5.74, 6) is -0.941. The van der Waals surface area contributed by atoms with Crippen LogP contribution in [-0.2, 0) is 0 Å². The van der Waals surface area contributed by atoms with Gasteiger partial charge in [-0.2, -0.15) is 4.98 Å². The lowest BCUT2D eigenvalue weighted by atomic mass is 10.2. The summed E-state index contributed by atoms with van der Waals surface area (Å²) in [5.41, 5.74) is 0.155. The van der Waals surface area contributed by atoms with Gasteiger partial charge >= 0.3 is 12.0 Å². The Morgan fingerprint density at radius 1 is 1.53 bits per heavy atom. The first-order valence-electron chi connectivity index (χ1n) is 5.09. The van der Waals surface area contributed by atoms with Gasteiger partial charge in [-0.05, 0) is 18.6 Å². The molecular weight excluding hydrogens is 256 g/mol. The van der Waals surface area contributed by atoms with Crippen molar-refractivity contribution in [2.45, 2.75) is 6.92 Å². The summed E-state index contributed by atoms with van der Waals surface area (Å²) in [4.78, 5) is 24.2. The Kier molecular flexibility index (Phi) is 3.15. The van der Waals surface area contributed by atoms with E-state index in [4.69, 9.17) is 14.3 Å². The Hall–Kier alpha value is -2.90. The molecule has 0 radical (unpaired) electrons. The van der Waals surface area contributed by atoms with E-state index in [1.807, 2.05) is 0 Å². The quantitative estimate of drug-likeness (QED) is 0.665. The van der Waals surface area contributed by atoms with Crippen LogP contribution in [0.25, 0.3) is 0 Å². The Morgan fingerprint density at radius 3 is 2.79 bits per heavy atom. The van der Waals surface area contributed by atoms with Gasteiger partial charge in [-0.15, -0.1) is 0 Å². The van der Waals surface area contributed by atoms with Gasteiger partial charge in [0.1, 0.15) is 12.0 Å². The van der Waals surface area contributed by atoms with Crippen LogP contribution < -0.4 is 4.74 Å². The summed E-state index contributed by atoms with van der Waals surface area (Å²) in [5, 5.41) is 19.2. The summed E-state index contributed by atoms with van der Waals surface area (Å²) in [7, 11) is 0. The molecule has 0 aliphatic carbocycles. The van der Waals surface area contributed by atoms with E-state index in [-0.39, 0.29) is 17.5 Å². The molecule has 8 heteroatoms. The van der Waals surface area contributed by atoms with E-state index < -0.39 is 10.9 Å². The van der Waals surface area contributed by atoms with Crippen LogP contribution in [0.3, 0.4) is 0 Å². The molecule has 1 heterocycles. The number of hydrogen-bond donors (Lipinski definition) is 1. The van der Waals surface area contributed by atoms with E-state index in [0.717, 1.165) is 6.26 Å². The number of nitro benzene ring substituents is 1. The molecule has 1 N–H and O–H groups in total. The molecule has 0 aliphatic heterocycles. The van der Waals surface area contributed by atoms with Gasteiger partial charge in [0.15, 0.2) is 5.69 Å². The van der Waals surface area contributed by atoms with E-state index in [0.29, 0.717) is 11.3 Å². The molecule has 0 saturated carbocycles. The van der Waals surface area contributed by atoms with Crippen molar-refractivity contribution in [1.29, 1.82) is 0 Å². The number of nitrogens with zero attached hydrogens (tertiary/aromatic N) is 2. The van der Waals surface area contributed by atoms with Gasteiger partial charge in [0, 0.05) is 12.1 Å². The highest BCUT2D eigenvalue weighted by molar-refractivity contribution is 5.84. The van der Waals surface area contributed by atoms with Crippen LogP contribution in [0, 0.1) is 17.0 Å². The standard InChI is InChI=1S/C11H8N2O6/c1-6-4-7(13(16)17)2-3-9(6)19-11-12-8(5-18-11)10(14)15/h2-5H,1H3,(H,14,15). The molecule has 2 aromatic rings. The van der Waals surface area contributed by atoms with Crippen molar-refractivity contribution < 1.29 is 24.0 Å². The zero-order chi connectivity index (χ0) is 14.0. The molecule has 0 atom stereocenters. The van der Waals surface area contributed by atoms with Crippen molar-refractivity contribution in [2.75, 3.05) is 0 Å². The maximum absolute atomic E-state index is 10.6. The SMILES string of the molecule is Cc1cc([N+](=O)[O-])ccc1Oc1nc(C(=O)O)co1. The van der Waals surface area contributed by atoms with Crippen LogP contribution in [0.5, 0.6) is 11.8 Å². The predicted molar refractivity (Wildman–Crippen MR) is 61.4 cm³/mol. The molecule has 19 heavy (non-hydrogen) atoms. The van der Waals surface area contributed by atoms with Gasteiger partial charge in [-0.25, -0.2) is 4.79 Å². The summed E-state index contributed by atoms with van der Waals surface area (Å²) in [6.07, 6.45) is 0.702. The van der Waals surface area contributed by atoms with Crippen molar-refractivity contribution in [3.8, 4) is 11.8 Å². The first-order valence-corrected chi connectivity index (χ1v) is 5.09. The minimum absolute atomic E-state index is 0.0662. The van der Waals surface area contributed by atoms with E-state index in [1.165, 1.54) is 18.2 Å². The second-order valence-electron chi connectivity index (χ2n) is 3.61. The lowest BCUT2D eigenvalue weighted by Crippen LogP contribution is -1.96. The molecule has 0 amide bonds. The molecule has 0 spiro atoms. The Bertz CT molecular complexity index is 648. The van der Waals surface area contributed by atoms with Gasteiger partial charge in [-0.3, -0.25) is 10.1 Å². The number of nitro groups is 1. The predicted octanol–water partition coefficient (Wildman–Crippen LogP) is 2.38. The van der Waals surface area contributed by atoms with Crippen molar-refractivity contribution in [2.24, 2.45) is 0 Å². The largest absolute Gasteiger partial charge is 0.476 e. The summed E-state index contributed by atoms with van der Waals surface area (Å²) < 4.78 is 10.0. The molecule has 0 saturated heterocycles. The van der Waals surface area contributed by atoms with Crippen molar-refractivity contribution in [3.63, 3.8) is 0 Å². The van der Waals surface area contributed by atoms with Crippen molar-refractivity contribution in [1.82, 2.24) is 4.98 Å². The van der Waals surface area contributed by atoms with Gasteiger partial charge in [-0.1, -0.05) is 0 Å². The highest BCUT2D eigenvalue weighted by Gasteiger charge is 2.14. The van der Waals surface area contributed by atoms with Crippen LogP contribution in [0.4, 0.5) is 5.69 Å². The van der Waals surface area contributed by atoms with E-state index in [1.54, 1.807) is 6.92 Å². The summed E-state index contributed by atoms with van der Waals surface area (Å²) in [6.45, 7) is 1.61. The fraction of sp³-hybridized carbons (Fsp3) is 0.0909. The van der Waals surface area contributed by atoms with Crippen LogP contribution in [0.2, 0.25) is 0 Å². The molecule has 1 aromatic carbocycles. The number of non-ortho nitro benzene ring substituents is 1. The topological polar surface area (TPSA) is 116 Å². The van der Waals surface area contributed by atoms with Crippen molar-refractivity contribution >= 4 is 11.7 Å². The minimum atomic E-state index is -1.24. The van der Waals surface area contributed by atoms with Gasteiger partial charge in [0.05, 0.1) is 4.92 Å². The van der Waals surface area contributed by atoms with Gasteiger partial charge < -0.3 is 14.3 Å². The number of carbonyl (C=O) groups is 1. The highest BCUT2D eigenvalue weighted by atomic mass is 16.6. The van der Waals surface area contributed by atoms with Crippen LogP contribution in [-0.4, -0.2) is 21.0 Å². The Balaban J connectivity index is 2.23. The molecule has 98 valence electrons. The maximum Gasteiger partial charge on any atom is 0.399 e. The zero-order valence-electron chi connectivity index (χ0n) is 9.69. The third-order valence-corrected chi connectivity index (χ3v) is 2.27. The molecule has 0 aliphatic rings. The molecule has 2 rings (SSSR count). The number of carboxylic acid groups (broad SMARTS) is 1. The minimum Gasteiger partial charge on any atom is -0.476 e. The first-order chi connectivity index (χ1) is 8.97. The molecule has 0 bridgehead atoms. The van der Waals surface area contributed by atoms with Crippen LogP contribution in [0.15, 0.2) is 28.9 Å². The first kappa shape index (κ1) is 12.6. The summed E-state index contributed by atoms with van der Waals surface area (Å²) in [6, 6.07) is 3.98. The Labute approximate surface area is 106 Å². The fourth-order valence-corrected chi connectivity index (χ4v) is 1.36. The van der Waals surface area contributed by atoms with Gasteiger partial charge in [0.25, 0.3) is 5.69 Å². The molecule has 1 aromatic heterocycles. The van der Waals surface area contributed by atoms with Crippen LogP contribution in [0.1, 0.15) is 16.1 Å². The third-order valence-electron chi connectivity index (χ3n) is 2.27. The summed E-state index contributed by atoms with van der Waals surface area (Å²) >= 11 is 0. The molecule has 0 fully saturated rings. The maximum atomic E-state index is 10.6. The van der Waals surface area contributed by atoms with Gasteiger partial charge in [0.2, 0.25) is 0 Å². The number of oxazole rings is 1.